The SMILES string of the molecule is C[C@H]1CCCN(C(=O)c2cnc3c(c2)OCCN3c2ccn3c(=O)n(C)nc3c2)C1. The molecule has 0 aliphatic carbocycles. The van der Waals surface area contributed by atoms with Gasteiger partial charge in [-0.1, -0.05) is 6.92 Å². The summed E-state index contributed by atoms with van der Waals surface area (Å²) in [6.45, 7) is 4.85. The van der Waals surface area contributed by atoms with Gasteiger partial charge in [-0.2, -0.15) is 5.10 Å². The van der Waals surface area contributed by atoms with E-state index in [0.29, 0.717) is 41.8 Å². The topological polar surface area (TPSA) is 85.0 Å². The number of hydrogen-bond acceptors (Lipinski definition) is 6. The first kappa shape index (κ1) is 18.7. The van der Waals surface area contributed by atoms with Crippen molar-refractivity contribution in [3.05, 3.63) is 46.6 Å². The number of carbonyl (C=O) groups is 1. The molecule has 2 aliphatic heterocycles. The van der Waals surface area contributed by atoms with Crippen molar-refractivity contribution >= 4 is 23.1 Å². The molecule has 0 spiro atoms. The molecule has 0 saturated carbocycles. The molecule has 156 valence electrons. The zero-order chi connectivity index (χ0) is 20.8. The third kappa shape index (κ3) is 3.10. The molecular weight excluding hydrogens is 384 g/mol. The van der Waals surface area contributed by atoms with E-state index in [1.54, 1.807) is 25.5 Å². The molecular formula is C21H24N6O3. The van der Waals surface area contributed by atoms with Crippen LogP contribution in [0.2, 0.25) is 0 Å². The molecule has 30 heavy (non-hydrogen) atoms. The summed E-state index contributed by atoms with van der Waals surface area (Å²) in [5.41, 5.74) is 1.80. The van der Waals surface area contributed by atoms with Gasteiger partial charge in [-0.05, 0) is 30.9 Å². The highest BCUT2D eigenvalue weighted by Gasteiger charge is 2.26. The van der Waals surface area contributed by atoms with Crippen LogP contribution in [0.5, 0.6) is 5.75 Å². The summed E-state index contributed by atoms with van der Waals surface area (Å²) in [6, 6.07) is 5.51. The van der Waals surface area contributed by atoms with Crippen molar-refractivity contribution in [3.63, 3.8) is 0 Å². The van der Waals surface area contributed by atoms with Crippen LogP contribution in [-0.2, 0) is 7.05 Å². The maximum Gasteiger partial charge on any atom is 0.350 e. The van der Waals surface area contributed by atoms with Crippen LogP contribution in [0.4, 0.5) is 11.5 Å². The Bertz CT molecular complexity index is 1180. The molecule has 1 saturated heterocycles. The number of nitrogens with zero attached hydrogens (tertiary/aromatic N) is 6. The highest BCUT2D eigenvalue weighted by molar-refractivity contribution is 5.95. The summed E-state index contributed by atoms with van der Waals surface area (Å²) >= 11 is 0. The van der Waals surface area contributed by atoms with E-state index in [2.05, 4.69) is 17.0 Å². The lowest BCUT2D eigenvalue weighted by Crippen LogP contribution is -2.39. The number of hydrogen-bond donors (Lipinski definition) is 0. The van der Waals surface area contributed by atoms with E-state index < -0.39 is 0 Å². The summed E-state index contributed by atoms with van der Waals surface area (Å²) in [6.07, 6.45) is 5.54. The molecule has 5 heterocycles. The molecule has 2 aliphatic rings. The minimum absolute atomic E-state index is 0.00635. The Morgan fingerprint density at radius 1 is 1.27 bits per heavy atom. The van der Waals surface area contributed by atoms with Crippen LogP contribution < -0.4 is 15.3 Å². The van der Waals surface area contributed by atoms with E-state index in [1.807, 2.05) is 21.9 Å². The Morgan fingerprint density at radius 3 is 2.97 bits per heavy atom. The number of aryl methyl sites for hydroxylation is 1. The predicted octanol–water partition coefficient (Wildman–Crippen LogP) is 1.83. The number of piperidine rings is 1. The van der Waals surface area contributed by atoms with Crippen LogP contribution in [0, 0.1) is 5.92 Å². The molecule has 0 unspecified atom stereocenters. The van der Waals surface area contributed by atoms with Gasteiger partial charge in [0.25, 0.3) is 5.91 Å². The molecule has 9 heteroatoms. The van der Waals surface area contributed by atoms with Crippen molar-refractivity contribution in [2.24, 2.45) is 13.0 Å². The number of pyridine rings is 2. The first-order valence-corrected chi connectivity index (χ1v) is 10.3. The predicted molar refractivity (Wildman–Crippen MR) is 111 cm³/mol. The van der Waals surface area contributed by atoms with Crippen LogP contribution >= 0.6 is 0 Å². The normalized spacial score (nSPS) is 18.9. The molecule has 3 aromatic heterocycles. The van der Waals surface area contributed by atoms with E-state index in [0.717, 1.165) is 31.6 Å². The van der Waals surface area contributed by atoms with Gasteiger partial charge < -0.3 is 14.5 Å². The number of aromatic nitrogens is 4. The van der Waals surface area contributed by atoms with Gasteiger partial charge in [0, 0.05) is 44.3 Å². The number of carbonyl (C=O) groups excluding carboxylic acids is 1. The molecule has 1 amide bonds. The van der Waals surface area contributed by atoms with Gasteiger partial charge in [-0.25, -0.2) is 14.5 Å². The summed E-state index contributed by atoms with van der Waals surface area (Å²) in [5.74, 6) is 1.78. The quantitative estimate of drug-likeness (QED) is 0.643. The Balaban J connectivity index is 1.46. The zero-order valence-corrected chi connectivity index (χ0v) is 17.1. The molecule has 0 radical (unpaired) electrons. The Hall–Kier alpha value is -3.36. The maximum absolute atomic E-state index is 12.9. The second-order valence-electron chi connectivity index (χ2n) is 8.06. The number of fused-ring (bicyclic) bond motifs is 2. The monoisotopic (exact) mass is 408 g/mol. The van der Waals surface area contributed by atoms with E-state index in [4.69, 9.17) is 4.74 Å². The maximum atomic E-state index is 12.9. The first-order chi connectivity index (χ1) is 14.5. The summed E-state index contributed by atoms with van der Waals surface area (Å²) in [5, 5.41) is 4.26. The van der Waals surface area contributed by atoms with Crippen molar-refractivity contribution in [3.8, 4) is 5.75 Å². The van der Waals surface area contributed by atoms with E-state index >= 15 is 0 Å². The van der Waals surface area contributed by atoms with Crippen molar-refractivity contribution in [2.45, 2.75) is 19.8 Å². The smallest absolute Gasteiger partial charge is 0.350 e. The number of rotatable bonds is 2. The number of anilines is 2. The van der Waals surface area contributed by atoms with Gasteiger partial charge >= 0.3 is 5.69 Å². The number of likely N-dealkylation sites (tertiary alicyclic amines) is 1. The number of amides is 1. The first-order valence-electron chi connectivity index (χ1n) is 10.3. The molecule has 1 atom stereocenters. The number of ether oxygens (including phenoxy) is 1. The largest absolute Gasteiger partial charge is 0.488 e. The van der Waals surface area contributed by atoms with E-state index in [9.17, 15) is 9.59 Å². The highest BCUT2D eigenvalue weighted by Crippen LogP contribution is 2.35. The molecule has 9 nitrogen and oxygen atoms in total. The third-order valence-electron chi connectivity index (χ3n) is 5.82. The standard InChI is InChI=1S/C21H24N6O3/c1-14-4-3-6-25(13-14)20(28)15-10-17-19(22-12-15)26(8-9-30-17)16-5-7-27-18(11-16)23-24(2)21(27)29/h5,7,10-12,14H,3-4,6,8-9,13H2,1-2H3/t14-/m0/s1. The zero-order valence-electron chi connectivity index (χ0n) is 17.1. The fourth-order valence-electron chi connectivity index (χ4n) is 4.26. The lowest BCUT2D eigenvalue weighted by Gasteiger charge is -2.32. The average Bonchev–Trinajstić information content (AvgIpc) is 3.05. The molecule has 3 aromatic rings. The lowest BCUT2D eigenvalue weighted by atomic mass is 10.00. The van der Waals surface area contributed by atoms with Gasteiger partial charge in [0.1, 0.15) is 6.61 Å². The van der Waals surface area contributed by atoms with Crippen LogP contribution in [0.1, 0.15) is 30.1 Å². The average molecular weight is 408 g/mol. The fraction of sp³-hybridized carbons (Fsp3) is 0.429. The van der Waals surface area contributed by atoms with Gasteiger partial charge in [-0.15, -0.1) is 0 Å². The highest BCUT2D eigenvalue weighted by atomic mass is 16.5. The van der Waals surface area contributed by atoms with Crippen LogP contribution in [0.3, 0.4) is 0 Å². The minimum atomic E-state index is -0.188. The molecule has 0 bridgehead atoms. The Morgan fingerprint density at radius 2 is 2.13 bits per heavy atom. The minimum Gasteiger partial charge on any atom is -0.488 e. The lowest BCUT2D eigenvalue weighted by molar-refractivity contribution is 0.0682. The summed E-state index contributed by atoms with van der Waals surface area (Å²) in [4.78, 5) is 33.5. The van der Waals surface area contributed by atoms with Crippen molar-refractivity contribution in [1.82, 2.24) is 24.1 Å². The van der Waals surface area contributed by atoms with Crippen LogP contribution in [0.25, 0.3) is 5.65 Å². The van der Waals surface area contributed by atoms with Gasteiger partial charge in [0.15, 0.2) is 17.2 Å². The molecule has 0 aromatic carbocycles. The molecule has 0 N–H and O–H groups in total. The van der Waals surface area contributed by atoms with Crippen LogP contribution in [-0.4, -0.2) is 56.2 Å². The second kappa shape index (κ2) is 7.16. The van der Waals surface area contributed by atoms with Gasteiger partial charge in [0.05, 0.1) is 12.1 Å². The Kier molecular flexibility index (Phi) is 4.45. The van der Waals surface area contributed by atoms with Crippen molar-refractivity contribution in [1.29, 1.82) is 0 Å². The van der Waals surface area contributed by atoms with Crippen molar-refractivity contribution in [2.75, 3.05) is 31.1 Å². The molecule has 1 fully saturated rings. The second-order valence-corrected chi connectivity index (χ2v) is 8.06. The fourth-order valence-corrected chi connectivity index (χ4v) is 4.26. The molecule has 5 rings (SSSR count). The van der Waals surface area contributed by atoms with Crippen LogP contribution in [0.15, 0.2) is 35.4 Å². The third-order valence-corrected chi connectivity index (χ3v) is 5.82. The Labute approximate surface area is 173 Å². The van der Waals surface area contributed by atoms with Gasteiger partial charge in [-0.3, -0.25) is 9.20 Å². The van der Waals surface area contributed by atoms with E-state index in [-0.39, 0.29) is 11.6 Å². The van der Waals surface area contributed by atoms with Crippen molar-refractivity contribution < 1.29 is 9.53 Å². The van der Waals surface area contributed by atoms with Gasteiger partial charge in [0.2, 0.25) is 0 Å². The summed E-state index contributed by atoms with van der Waals surface area (Å²) in [7, 11) is 1.63. The summed E-state index contributed by atoms with van der Waals surface area (Å²) < 4.78 is 8.64. The van der Waals surface area contributed by atoms with E-state index in [1.165, 1.54) is 9.08 Å².